The van der Waals surface area contributed by atoms with Gasteiger partial charge in [0, 0.05) is 13.5 Å². The molecule has 0 atom stereocenters. The average Bonchev–Trinajstić information content (AvgIpc) is 2.50. The first-order chi connectivity index (χ1) is 3.83. The smallest absolute Gasteiger partial charge is 0.0936 e. The summed E-state index contributed by atoms with van der Waals surface area (Å²) in [5.74, 6) is 1.69. The van der Waals surface area contributed by atoms with Crippen molar-refractivity contribution in [3.63, 3.8) is 0 Å². The fourth-order valence-corrected chi connectivity index (χ4v) is 0.709. The highest BCUT2D eigenvalue weighted by Gasteiger charge is 2.21. The Bertz CT molecular complexity index is 108. The minimum absolute atomic E-state index is 0. The summed E-state index contributed by atoms with van der Waals surface area (Å²) in [4.78, 5) is 3.86. The summed E-state index contributed by atoms with van der Waals surface area (Å²) >= 11 is 0. The maximum atomic E-state index is 5.46. The van der Waals surface area contributed by atoms with Crippen molar-refractivity contribution >= 4 is 18.2 Å². The maximum absolute atomic E-state index is 5.46. The lowest BCUT2D eigenvalue weighted by atomic mass is 10.3. The van der Waals surface area contributed by atoms with Gasteiger partial charge in [-0.2, -0.15) is 0 Å². The molecule has 0 aromatic rings. The van der Waals surface area contributed by atoms with Crippen LogP contribution in [0.25, 0.3) is 0 Å². The Morgan fingerprint density at radius 1 is 1.67 bits per heavy atom. The second kappa shape index (κ2) is 3.72. The molecule has 1 rings (SSSR count). The van der Waals surface area contributed by atoms with Crippen molar-refractivity contribution < 1.29 is 0 Å². The molecule has 0 amide bonds. The lowest BCUT2D eigenvalue weighted by Crippen LogP contribution is -2.11. The third kappa shape index (κ3) is 3.36. The van der Waals surface area contributed by atoms with Crippen LogP contribution in [0.3, 0.4) is 0 Å². The molecule has 0 aliphatic heterocycles. The Kier molecular flexibility index (Phi) is 3.62. The molecule has 0 aromatic heterocycles. The molecule has 1 aliphatic carbocycles. The van der Waals surface area contributed by atoms with Gasteiger partial charge in [0.1, 0.15) is 0 Å². The van der Waals surface area contributed by atoms with Gasteiger partial charge in [0.25, 0.3) is 0 Å². The second-order valence-corrected chi connectivity index (χ2v) is 2.36. The molecule has 54 valence electrons. The minimum Gasteiger partial charge on any atom is -0.387 e. The molecule has 0 aromatic carbocycles. The van der Waals surface area contributed by atoms with Gasteiger partial charge in [-0.3, -0.25) is 4.99 Å². The molecule has 2 nitrogen and oxygen atoms in total. The van der Waals surface area contributed by atoms with Crippen LogP contribution in [0.15, 0.2) is 4.99 Å². The van der Waals surface area contributed by atoms with Crippen LogP contribution in [-0.2, 0) is 0 Å². The van der Waals surface area contributed by atoms with Gasteiger partial charge in [0.05, 0.1) is 5.84 Å². The van der Waals surface area contributed by atoms with Crippen LogP contribution in [0, 0.1) is 5.92 Å². The molecule has 0 spiro atoms. The maximum Gasteiger partial charge on any atom is 0.0936 e. The van der Waals surface area contributed by atoms with Crippen LogP contribution in [0.1, 0.15) is 19.3 Å². The summed E-state index contributed by atoms with van der Waals surface area (Å²) in [6.45, 7) is 0. The highest BCUT2D eigenvalue weighted by molar-refractivity contribution is 5.85. The van der Waals surface area contributed by atoms with Crippen LogP contribution < -0.4 is 5.73 Å². The molecule has 0 saturated heterocycles. The predicted molar refractivity (Wildman–Crippen MR) is 42.1 cm³/mol. The normalized spacial score (nSPS) is 19.0. The number of amidine groups is 1. The van der Waals surface area contributed by atoms with Gasteiger partial charge in [-0.15, -0.1) is 12.4 Å². The topological polar surface area (TPSA) is 38.4 Å². The van der Waals surface area contributed by atoms with Crippen LogP contribution in [0.4, 0.5) is 0 Å². The lowest BCUT2D eigenvalue weighted by Gasteiger charge is -1.92. The van der Waals surface area contributed by atoms with E-state index < -0.39 is 0 Å². The summed E-state index contributed by atoms with van der Waals surface area (Å²) < 4.78 is 0. The largest absolute Gasteiger partial charge is 0.387 e. The van der Waals surface area contributed by atoms with E-state index in [1.54, 1.807) is 7.05 Å². The van der Waals surface area contributed by atoms with E-state index in [0.717, 1.165) is 18.2 Å². The van der Waals surface area contributed by atoms with E-state index in [9.17, 15) is 0 Å². The zero-order chi connectivity index (χ0) is 5.98. The summed E-state index contributed by atoms with van der Waals surface area (Å²) in [5, 5.41) is 0. The standard InChI is InChI=1S/C6H12N2.ClH/c1-8-6(7)4-5-2-3-5;/h5H,2-4H2,1H3,(H2,7,8);1H. The minimum atomic E-state index is 0. The van der Waals surface area contributed by atoms with Gasteiger partial charge in [-0.05, 0) is 18.8 Å². The number of nitrogens with two attached hydrogens (primary N) is 1. The fourth-order valence-electron chi connectivity index (χ4n) is 0.709. The summed E-state index contributed by atoms with van der Waals surface area (Å²) in [5.41, 5.74) is 5.46. The Labute approximate surface area is 61.9 Å². The zero-order valence-corrected chi connectivity index (χ0v) is 6.45. The molecule has 1 aliphatic rings. The number of halogens is 1. The Balaban J connectivity index is 0.000000640. The van der Waals surface area contributed by atoms with E-state index in [-0.39, 0.29) is 12.4 Å². The number of hydrogen-bond acceptors (Lipinski definition) is 1. The van der Waals surface area contributed by atoms with E-state index in [0.29, 0.717) is 0 Å². The van der Waals surface area contributed by atoms with Crippen LogP contribution in [0.5, 0.6) is 0 Å². The lowest BCUT2D eigenvalue weighted by molar-refractivity contribution is 0.885. The SMILES string of the molecule is CN=C(N)CC1CC1.Cl. The van der Waals surface area contributed by atoms with Crippen molar-refractivity contribution in [2.75, 3.05) is 7.05 Å². The number of aliphatic imine (C=N–C) groups is 1. The molecule has 0 bridgehead atoms. The molecule has 1 fully saturated rings. The van der Waals surface area contributed by atoms with Crippen molar-refractivity contribution in [1.82, 2.24) is 0 Å². The summed E-state index contributed by atoms with van der Waals surface area (Å²) in [7, 11) is 1.75. The van der Waals surface area contributed by atoms with E-state index in [1.807, 2.05) is 0 Å². The number of hydrogen-bond donors (Lipinski definition) is 1. The summed E-state index contributed by atoms with van der Waals surface area (Å²) in [6.07, 6.45) is 3.74. The highest BCUT2D eigenvalue weighted by atomic mass is 35.5. The van der Waals surface area contributed by atoms with Crippen LogP contribution in [-0.4, -0.2) is 12.9 Å². The van der Waals surface area contributed by atoms with Crippen molar-refractivity contribution in [2.45, 2.75) is 19.3 Å². The predicted octanol–water partition coefficient (Wildman–Crippen LogP) is 1.20. The van der Waals surface area contributed by atoms with Crippen molar-refractivity contribution in [2.24, 2.45) is 16.6 Å². The van der Waals surface area contributed by atoms with E-state index in [2.05, 4.69) is 4.99 Å². The fraction of sp³-hybridized carbons (Fsp3) is 0.833. The average molecular weight is 149 g/mol. The van der Waals surface area contributed by atoms with E-state index >= 15 is 0 Å². The van der Waals surface area contributed by atoms with Crippen molar-refractivity contribution in [3.05, 3.63) is 0 Å². The molecule has 0 heterocycles. The monoisotopic (exact) mass is 148 g/mol. The Hall–Kier alpha value is -0.240. The molecule has 2 N–H and O–H groups in total. The van der Waals surface area contributed by atoms with Crippen molar-refractivity contribution in [1.29, 1.82) is 0 Å². The molecule has 9 heavy (non-hydrogen) atoms. The third-order valence-corrected chi connectivity index (χ3v) is 1.48. The Morgan fingerprint density at radius 3 is 2.56 bits per heavy atom. The van der Waals surface area contributed by atoms with Crippen LogP contribution in [0.2, 0.25) is 0 Å². The molecule has 0 unspecified atom stereocenters. The highest BCUT2D eigenvalue weighted by Crippen LogP contribution is 2.31. The number of nitrogens with zero attached hydrogens (tertiary/aromatic N) is 1. The van der Waals surface area contributed by atoms with E-state index in [1.165, 1.54) is 12.8 Å². The first-order valence-electron chi connectivity index (χ1n) is 3.04. The van der Waals surface area contributed by atoms with Crippen LogP contribution >= 0.6 is 12.4 Å². The third-order valence-electron chi connectivity index (χ3n) is 1.48. The summed E-state index contributed by atoms with van der Waals surface area (Å²) in [6, 6.07) is 0. The van der Waals surface area contributed by atoms with Gasteiger partial charge in [0.15, 0.2) is 0 Å². The van der Waals surface area contributed by atoms with Gasteiger partial charge in [-0.25, -0.2) is 0 Å². The first kappa shape index (κ1) is 8.76. The first-order valence-corrected chi connectivity index (χ1v) is 3.04. The quantitative estimate of drug-likeness (QED) is 0.464. The molecule has 1 saturated carbocycles. The Morgan fingerprint density at radius 2 is 2.22 bits per heavy atom. The van der Waals surface area contributed by atoms with Crippen molar-refractivity contribution in [3.8, 4) is 0 Å². The molecular formula is C6H13ClN2. The van der Waals surface area contributed by atoms with Gasteiger partial charge in [0.2, 0.25) is 0 Å². The molecule has 3 heteroatoms. The van der Waals surface area contributed by atoms with E-state index in [4.69, 9.17) is 5.73 Å². The van der Waals surface area contributed by atoms with Gasteiger partial charge in [-0.1, -0.05) is 0 Å². The zero-order valence-electron chi connectivity index (χ0n) is 5.63. The molecular weight excluding hydrogens is 136 g/mol. The second-order valence-electron chi connectivity index (χ2n) is 2.36. The van der Waals surface area contributed by atoms with Gasteiger partial charge >= 0.3 is 0 Å². The number of rotatable bonds is 2. The van der Waals surface area contributed by atoms with Gasteiger partial charge < -0.3 is 5.73 Å². The molecule has 0 radical (unpaired) electrons.